The third kappa shape index (κ3) is 1.04. The average Bonchev–Trinajstić information content (AvgIpc) is 2.49. The molecule has 0 spiro atoms. The summed E-state index contributed by atoms with van der Waals surface area (Å²) in [6.07, 6.45) is 1.01. The Morgan fingerprint density at radius 1 is 1.42 bits per heavy atom. The van der Waals surface area contributed by atoms with E-state index >= 15 is 0 Å². The summed E-state index contributed by atoms with van der Waals surface area (Å²) in [5, 5.41) is 0. The van der Waals surface area contributed by atoms with Gasteiger partial charge >= 0.3 is 0 Å². The van der Waals surface area contributed by atoms with Gasteiger partial charge in [-0.15, -0.1) is 0 Å². The number of hydrogen-bond acceptors (Lipinski definition) is 2. The molecule has 2 rings (SSSR count). The summed E-state index contributed by atoms with van der Waals surface area (Å²) < 4.78 is 10.6. The Hall–Kier alpha value is -1.18. The van der Waals surface area contributed by atoms with Gasteiger partial charge in [0.15, 0.2) is 0 Å². The smallest absolute Gasteiger partial charge is 0.123 e. The maximum Gasteiger partial charge on any atom is 0.123 e. The molecule has 64 valence electrons. The molecule has 0 fully saturated rings. The van der Waals surface area contributed by atoms with Crippen molar-refractivity contribution in [2.24, 2.45) is 0 Å². The number of benzene rings is 1. The van der Waals surface area contributed by atoms with Gasteiger partial charge in [0.2, 0.25) is 0 Å². The maximum atomic E-state index is 5.42. The largest absolute Gasteiger partial charge is 0.496 e. The molecule has 0 radical (unpaired) electrons. The highest BCUT2D eigenvalue weighted by Crippen LogP contribution is 2.31. The highest BCUT2D eigenvalue weighted by atomic mass is 16.5. The van der Waals surface area contributed by atoms with Crippen LogP contribution in [0.3, 0.4) is 0 Å². The molecule has 1 aliphatic rings. The lowest BCUT2D eigenvalue weighted by molar-refractivity contribution is 0.356. The Morgan fingerprint density at radius 2 is 2.25 bits per heavy atom. The molecule has 12 heavy (non-hydrogen) atoms. The van der Waals surface area contributed by atoms with Crippen molar-refractivity contribution >= 4 is 0 Å². The molecule has 0 amide bonds. The van der Waals surface area contributed by atoms with Crippen LogP contribution in [0.4, 0.5) is 0 Å². The summed E-state index contributed by atoms with van der Waals surface area (Å²) in [6, 6.07) is 4.11. The summed E-state index contributed by atoms with van der Waals surface area (Å²) in [5.41, 5.74) is 2.40. The van der Waals surface area contributed by atoms with E-state index in [4.69, 9.17) is 9.47 Å². The number of rotatable bonds is 1. The minimum atomic E-state index is 0.807. The molecule has 0 N–H and O–H groups in total. The third-order valence-electron chi connectivity index (χ3n) is 2.21. The lowest BCUT2D eigenvalue weighted by Gasteiger charge is -2.06. The van der Waals surface area contributed by atoms with Crippen molar-refractivity contribution < 1.29 is 9.47 Å². The molecule has 1 aliphatic heterocycles. The molecule has 1 aromatic carbocycles. The normalized spacial score (nSPS) is 13.8. The number of aryl methyl sites for hydroxylation is 1. The van der Waals surface area contributed by atoms with Crippen LogP contribution in [-0.4, -0.2) is 13.7 Å². The fourth-order valence-electron chi connectivity index (χ4n) is 1.52. The van der Waals surface area contributed by atoms with Gasteiger partial charge in [0, 0.05) is 12.0 Å². The predicted molar refractivity (Wildman–Crippen MR) is 46.9 cm³/mol. The van der Waals surface area contributed by atoms with Gasteiger partial charge in [-0.25, -0.2) is 0 Å². The molecule has 0 aromatic heterocycles. The molecule has 0 unspecified atom stereocenters. The van der Waals surface area contributed by atoms with Crippen molar-refractivity contribution in [3.63, 3.8) is 0 Å². The molecule has 1 aromatic rings. The van der Waals surface area contributed by atoms with E-state index in [0.29, 0.717) is 0 Å². The van der Waals surface area contributed by atoms with Gasteiger partial charge in [-0.1, -0.05) is 0 Å². The van der Waals surface area contributed by atoms with Crippen LogP contribution in [0.25, 0.3) is 0 Å². The SMILES string of the molecule is COc1cc2c(cc1C)OCC2. The minimum absolute atomic E-state index is 0.807. The predicted octanol–water partition coefficient (Wildman–Crippen LogP) is 1.94. The van der Waals surface area contributed by atoms with Gasteiger partial charge < -0.3 is 9.47 Å². The van der Waals surface area contributed by atoms with E-state index in [0.717, 1.165) is 30.1 Å². The second kappa shape index (κ2) is 2.70. The van der Waals surface area contributed by atoms with Crippen molar-refractivity contribution in [3.8, 4) is 11.5 Å². The number of methoxy groups -OCH3 is 1. The molecule has 0 atom stereocenters. The fraction of sp³-hybridized carbons (Fsp3) is 0.400. The van der Waals surface area contributed by atoms with Crippen LogP contribution in [0.1, 0.15) is 11.1 Å². The Bertz CT molecular complexity index is 304. The second-order valence-corrected chi connectivity index (χ2v) is 3.03. The molecular formula is C10H12O2. The third-order valence-corrected chi connectivity index (χ3v) is 2.21. The van der Waals surface area contributed by atoms with E-state index in [1.807, 2.05) is 13.0 Å². The molecule has 2 nitrogen and oxygen atoms in total. The van der Waals surface area contributed by atoms with Gasteiger partial charge in [0.25, 0.3) is 0 Å². The molecule has 1 heterocycles. The molecule has 0 bridgehead atoms. The zero-order valence-electron chi connectivity index (χ0n) is 7.39. The standard InChI is InChI=1S/C10H12O2/c1-7-5-10-8(3-4-12-10)6-9(7)11-2/h5-6H,3-4H2,1-2H3. The van der Waals surface area contributed by atoms with Crippen LogP contribution in [0.15, 0.2) is 12.1 Å². The quantitative estimate of drug-likeness (QED) is 0.631. The Morgan fingerprint density at radius 3 is 3.00 bits per heavy atom. The van der Waals surface area contributed by atoms with Gasteiger partial charge in [0.1, 0.15) is 11.5 Å². The second-order valence-electron chi connectivity index (χ2n) is 3.03. The van der Waals surface area contributed by atoms with Crippen molar-refractivity contribution in [1.29, 1.82) is 0 Å². The lowest BCUT2D eigenvalue weighted by atomic mass is 10.1. The summed E-state index contributed by atoms with van der Waals surface area (Å²) in [4.78, 5) is 0. The van der Waals surface area contributed by atoms with Crippen LogP contribution in [-0.2, 0) is 6.42 Å². The van der Waals surface area contributed by atoms with Crippen molar-refractivity contribution in [1.82, 2.24) is 0 Å². The first kappa shape index (κ1) is 7.47. The molecule has 2 heteroatoms. The van der Waals surface area contributed by atoms with Gasteiger partial charge in [-0.2, -0.15) is 0 Å². The van der Waals surface area contributed by atoms with E-state index < -0.39 is 0 Å². The van der Waals surface area contributed by atoms with Crippen molar-refractivity contribution in [3.05, 3.63) is 23.3 Å². The fourth-order valence-corrected chi connectivity index (χ4v) is 1.52. The molecule has 0 saturated carbocycles. The first-order valence-electron chi connectivity index (χ1n) is 4.11. The van der Waals surface area contributed by atoms with Gasteiger partial charge in [-0.05, 0) is 24.6 Å². The molecule has 0 saturated heterocycles. The summed E-state index contributed by atoms with van der Waals surface area (Å²) >= 11 is 0. The summed E-state index contributed by atoms with van der Waals surface area (Å²) in [6.45, 7) is 2.84. The van der Waals surface area contributed by atoms with E-state index in [2.05, 4.69) is 6.07 Å². The zero-order valence-corrected chi connectivity index (χ0v) is 7.39. The highest BCUT2D eigenvalue weighted by molar-refractivity contribution is 5.47. The van der Waals surface area contributed by atoms with Crippen molar-refractivity contribution in [2.75, 3.05) is 13.7 Å². The van der Waals surface area contributed by atoms with Crippen LogP contribution in [0.5, 0.6) is 11.5 Å². The monoisotopic (exact) mass is 164 g/mol. The van der Waals surface area contributed by atoms with Crippen LogP contribution >= 0.6 is 0 Å². The van der Waals surface area contributed by atoms with Gasteiger partial charge in [0.05, 0.1) is 13.7 Å². The number of ether oxygens (including phenoxy) is 2. The van der Waals surface area contributed by atoms with Crippen LogP contribution in [0, 0.1) is 6.92 Å². The van der Waals surface area contributed by atoms with Crippen LogP contribution in [0.2, 0.25) is 0 Å². The molecule has 0 aliphatic carbocycles. The topological polar surface area (TPSA) is 18.5 Å². The Balaban J connectivity index is 2.49. The first-order valence-corrected chi connectivity index (χ1v) is 4.11. The van der Waals surface area contributed by atoms with E-state index in [-0.39, 0.29) is 0 Å². The van der Waals surface area contributed by atoms with E-state index in [1.165, 1.54) is 5.56 Å². The molecular weight excluding hydrogens is 152 g/mol. The van der Waals surface area contributed by atoms with Crippen molar-refractivity contribution in [2.45, 2.75) is 13.3 Å². The van der Waals surface area contributed by atoms with Gasteiger partial charge in [-0.3, -0.25) is 0 Å². The summed E-state index contributed by atoms with van der Waals surface area (Å²) in [7, 11) is 1.70. The van der Waals surface area contributed by atoms with Crippen LogP contribution < -0.4 is 9.47 Å². The highest BCUT2D eigenvalue weighted by Gasteiger charge is 2.14. The minimum Gasteiger partial charge on any atom is -0.496 e. The number of fused-ring (bicyclic) bond motifs is 1. The van der Waals surface area contributed by atoms with E-state index in [1.54, 1.807) is 7.11 Å². The Labute approximate surface area is 72.1 Å². The Kier molecular flexibility index (Phi) is 1.68. The lowest BCUT2D eigenvalue weighted by Crippen LogP contribution is -1.88. The number of hydrogen-bond donors (Lipinski definition) is 0. The summed E-state index contributed by atoms with van der Waals surface area (Å²) in [5.74, 6) is 1.98. The zero-order chi connectivity index (χ0) is 8.55. The first-order chi connectivity index (χ1) is 5.81. The van der Waals surface area contributed by atoms with E-state index in [9.17, 15) is 0 Å². The maximum absolute atomic E-state index is 5.42. The average molecular weight is 164 g/mol.